The Morgan fingerprint density at radius 3 is 2.50 bits per heavy atom. The second-order valence-electron chi connectivity index (χ2n) is 6.87. The van der Waals surface area contributed by atoms with Crippen LogP contribution in [0.4, 0.5) is 19.0 Å². The number of aromatic nitrogens is 2. The quantitative estimate of drug-likeness (QED) is 0.801. The molecule has 0 spiro atoms. The summed E-state index contributed by atoms with van der Waals surface area (Å²) in [7, 11) is 0. The summed E-state index contributed by atoms with van der Waals surface area (Å²) >= 11 is 6.07. The minimum absolute atomic E-state index is 0.135. The summed E-state index contributed by atoms with van der Waals surface area (Å²) in [4.78, 5) is 10.3. The minimum atomic E-state index is -4.12. The van der Waals surface area contributed by atoms with E-state index < -0.39 is 12.7 Å². The Bertz CT molecular complexity index is 569. The first-order chi connectivity index (χ1) is 11.3. The molecule has 4 nitrogen and oxygen atoms in total. The molecule has 2 heterocycles. The molecule has 0 bridgehead atoms. The van der Waals surface area contributed by atoms with Crippen molar-refractivity contribution in [1.29, 1.82) is 0 Å². The Labute approximate surface area is 144 Å². The summed E-state index contributed by atoms with van der Waals surface area (Å²) in [5.74, 6) is 2.25. The lowest BCUT2D eigenvalue weighted by Gasteiger charge is -2.35. The highest BCUT2D eigenvalue weighted by atomic mass is 35.5. The second kappa shape index (κ2) is 7.04. The molecule has 1 saturated heterocycles. The van der Waals surface area contributed by atoms with Crippen molar-refractivity contribution in [2.75, 3.05) is 25.0 Å². The normalized spacial score (nSPS) is 21.7. The van der Waals surface area contributed by atoms with Gasteiger partial charge in [-0.15, -0.1) is 0 Å². The molecule has 8 heteroatoms. The van der Waals surface area contributed by atoms with Gasteiger partial charge in [0.05, 0.1) is 6.54 Å². The smallest absolute Gasteiger partial charge is 0.367 e. The first-order valence-corrected chi connectivity index (χ1v) is 8.78. The summed E-state index contributed by atoms with van der Waals surface area (Å²) in [5, 5.41) is 3.79. The second-order valence-corrected chi connectivity index (χ2v) is 7.26. The maximum Gasteiger partial charge on any atom is 0.401 e. The Hall–Kier alpha value is -1.08. The summed E-state index contributed by atoms with van der Waals surface area (Å²) in [6.45, 7) is 2.20. The predicted octanol–water partition coefficient (Wildman–Crippen LogP) is 4.08. The summed E-state index contributed by atoms with van der Waals surface area (Å²) in [5.41, 5.74) is 0. The third-order valence-corrected chi connectivity index (χ3v) is 4.97. The maximum atomic E-state index is 12.4. The first kappa shape index (κ1) is 17.7. The zero-order chi connectivity index (χ0) is 17.3. The highest BCUT2D eigenvalue weighted by Gasteiger charge is 2.33. The van der Waals surface area contributed by atoms with E-state index in [1.54, 1.807) is 6.07 Å². The highest BCUT2D eigenvalue weighted by molar-refractivity contribution is 6.29. The molecule has 0 aromatic carbocycles. The molecular formula is C16H22ClF3N4. The number of nitrogens with zero attached hydrogens (tertiary/aromatic N) is 3. The van der Waals surface area contributed by atoms with E-state index >= 15 is 0 Å². The molecule has 24 heavy (non-hydrogen) atoms. The SMILES string of the molecule is CC(Nc1cc(Cl)nc(C2CC2)n1)C1CCN(CC(F)(F)F)CC1. The summed E-state index contributed by atoms with van der Waals surface area (Å²) < 4.78 is 37.3. The molecule has 1 saturated carbocycles. The third kappa shape index (κ3) is 4.96. The standard InChI is InChI=1S/C16H22ClF3N4/c1-10(11-4-6-24(7-5-11)9-16(18,19)20)21-14-8-13(17)22-15(23-14)12-2-3-12/h8,10-12H,2-7,9H2,1H3,(H,21,22,23). The van der Waals surface area contributed by atoms with E-state index in [0.29, 0.717) is 35.9 Å². The molecule has 1 N–H and O–H groups in total. The van der Waals surface area contributed by atoms with Crippen molar-refractivity contribution in [2.24, 2.45) is 5.92 Å². The molecule has 0 radical (unpaired) electrons. The van der Waals surface area contributed by atoms with Gasteiger partial charge in [0.25, 0.3) is 0 Å². The molecule has 3 rings (SSSR count). The van der Waals surface area contributed by atoms with Crippen molar-refractivity contribution < 1.29 is 13.2 Å². The van der Waals surface area contributed by atoms with Crippen LogP contribution in [-0.2, 0) is 0 Å². The third-order valence-electron chi connectivity index (χ3n) is 4.77. The van der Waals surface area contributed by atoms with Gasteiger partial charge in [0, 0.05) is 18.0 Å². The van der Waals surface area contributed by atoms with Crippen LogP contribution in [0.3, 0.4) is 0 Å². The van der Waals surface area contributed by atoms with Crippen molar-refractivity contribution in [3.8, 4) is 0 Å². The van der Waals surface area contributed by atoms with E-state index in [1.807, 2.05) is 0 Å². The average Bonchev–Trinajstić information content (AvgIpc) is 3.30. The van der Waals surface area contributed by atoms with Crippen LogP contribution in [0, 0.1) is 5.92 Å². The topological polar surface area (TPSA) is 41.1 Å². The number of halogens is 4. The lowest BCUT2D eigenvalue weighted by molar-refractivity contribution is -0.148. The van der Waals surface area contributed by atoms with Gasteiger partial charge in [-0.3, -0.25) is 4.90 Å². The molecule has 1 aromatic rings. The van der Waals surface area contributed by atoms with Crippen molar-refractivity contribution >= 4 is 17.4 Å². The minimum Gasteiger partial charge on any atom is -0.367 e. The fourth-order valence-electron chi connectivity index (χ4n) is 3.25. The van der Waals surface area contributed by atoms with Crippen LogP contribution in [0.1, 0.15) is 44.3 Å². The Kier molecular flexibility index (Phi) is 5.20. The van der Waals surface area contributed by atoms with E-state index in [0.717, 1.165) is 31.5 Å². The van der Waals surface area contributed by atoms with Crippen LogP contribution in [-0.4, -0.2) is 46.7 Å². The number of hydrogen-bond acceptors (Lipinski definition) is 4. The van der Waals surface area contributed by atoms with Crippen LogP contribution in [0.2, 0.25) is 5.15 Å². The molecule has 134 valence electrons. The Balaban J connectivity index is 1.53. The van der Waals surface area contributed by atoms with Gasteiger partial charge in [-0.25, -0.2) is 9.97 Å². The molecule has 1 aliphatic carbocycles. The van der Waals surface area contributed by atoms with Crippen LogP contribution in [0.15, 0.2) is 6.07 Å². The van der Waals surface area contributed by atoms with E-state index in [9.17, 15) is 13.2 Å². The van der Waals surface area contributed by atoms with E-state index in [-0.39, 0.29) is 6.04 Å². The number of anilines is 1. The van der Waals surface area contributed by atoms with E-state index in [4.69, 9.17) is 11.6 Å². The van der Waals surface area contributed by atoms with Crippen molar-refractivity contribution in [2.45, 2.75) is 50.7 Å². The van der Waals surface area contributed by atoms with Gasteiger partial charge in [-0.2, -0.15) is 13.2 Å². The van der Waals surface area contributed by atoms with E-state index in [2.05, 4.69) is 22.2 Å². The lowest BCUT2D eigenvalue weighted by Crippen LogP contribution is -2.43. The zero-order valence-corrected chi connectivity index (χ0v) is 14.4. The summed E-state index contributed by atoms with van der Waals surface area (Å²) in [6.07, 6.45) is -0.412. The number of likely N-dealkylation sites (tertiary alicyclic amines) is 1. The Morgan fingerprint density at radius 1 is 1.25 bits per heavy atom. The summed E-state index contributed by atoms with van der Waals surface area (Å²) in [6, 6.07) is 1.85. The largest absolute Gasteiger partial charge is 0.401 e. The number of piperidine rings is 1. The monoisotopic (exact) mass is 362 g/mol. The number of rotatable bonds is 5. The fourth-order valence-corrected chi connectivity index (χ4v) is 3.44. The van der Waals surface area contributed by atoms with Gasteiger partial charge in [-0.1, -0.05) is 11.6 Å². The highest BCUT2D eigenvalue weighted by Crippen LogP contribution is 2.39. The number of alkyl halides is 3. The molecule has 1 aliphatic heterocycles. The van der Waals surface area contributed by atoms with Crippen LogP contribution in [0.5, 0.6) is 0 Å². The fraction of sp³-hybridized carbons (Fsp3) is 0.750. The van der Waals surface area contributed by atoms with Crippen LogP contribution in [0.25, 0.3) is 0 Å². The van der Waals surface area contributed by atoms with Crippen molar-refractivity contribution in [3.05, 3.63) is 17.0 Å². The van der Waals surface area contributed by atoms with E-state index in [1.165, 1.54) is 4.90 Å². The molecule has 2 aliphatic rings. The molecule has 1 atom stereocenters. The molecule has 0 amide bonds. The van der Waals surface area contributed by atoms with Gasteiger partial charge in [0.1, 0.15) is 16.8 Å². The first-order valence-electron chi connectivity index (χ1n) is 8.40. The lowest BCUT2D eigenvalue weighted by atomic mass is 9.90. The maximum absolute atomic E-state index is 12.4. The molecule has 1 aromatic heterocycles. The van der Waals surface area contributed by atoms with Crippen molar-refractivity contribution in [1.82, 2.24) is 14.9 Å². The van der Waals surface area contributed by atoms with Crippen LogP contribution >= 0.6 is 11.6 Å². The number of nitrogens with one attached hydrogen (secondary N) is 1. The van der Waals surface area contributed by atoms with Gasteiger partial charge in [0.15, 0.2) is 0 Å². The molecule has 1 unspecified atom stereocenters. The van der Waals surface area contributed by atoms with Gasteiger partial charge >= 0.3 is 6.18 Å². The van der Waals surface area contributed by atoms with Gasteiger partial charge in [-0.05, 0) is 51.6 Å². The average molecular weight is 363 g/mol. The van der Waals surface area contributed by atoms with Gasteiger partial charge in [0.2, 0.25) is 0 Å². The molecule has 2 fully saturated rings. The number of hydrogen-bond donors (Lipinski definition) is 1. The zero-order valence-electron chi connectivity index (χ0n) is 13.6. The van der Waals surface area contributed by atoms with Gasteiger partial charge < -0.3 is 5.32 Å². The Morgan fingerprint density at radius 2 is 1.92 bits per heavy atom. The predicted molar refractivity (Wildman–Crippen MR) is 87.3 cm³/mol. The van der Waals surface area contributed by atoms with Crippen LogP contribution < -0.4 is 5.32 Å². The molecular weight excluding hydrogens is 341 g/mol. The van der Waals surface area contributed by atoms with Crippen molar-refractivity contribution in [3.63, 3.8) is 0 Å².